The first-order chi connectivity index (χ1) is 10.1. The topological polar surface area (TPSA) is 102 Å². The van der Waals surface area contributed by atoms with Gasteiger partial charge < -0.3 is 15.2 Å². The van der Waals surface area contributed by atoms with E-state index in [4.69, 9.17) is 4.74 Å². The maximum atomic E-state index is 11.9. The van der Waals surface area contributed by atoms with Gasteiger partial charge in [0, 0.05) is 25.8 Å². The Bertz CT molecular complexity index is 528. The summed E-state index contributed by atoms with van der Waals surface area (Å²) in [7, 11) is 0. The smallest absolute Gasteiger partial charge is 0.282 e. The molecule has 0 atom stereocenters. The van der Waals surface area contributed by atoms with Crippen LogP contribution in [0.3, 0.4) is 0 Å². The molecule has 7 nitrogen and oxygen atoms in total. The van der Waals surface area contributed by atoms with E-state index in [-0.39, 0.29) is 17.0 Å². The van der Waals surface area contributed by atoms with Crippen LogP contribution in [0.1, 0.15) is 29.6 Å². The Morgan fingerprint density at radius 1 is 1.48 bits per heavy atom. The molecule has 0 spiro atoms. The van der Waals surface area contributed by atoms with Gasteiger partial charge in [-0.3, -0.25) is 14.9 Å². The maximum absolute atomic E-state index is 11.9. The fourth-order valence-corrected chi connectivity index (χ4v) is 1.87. The summed E-state index contributed by atoms with van der Waals surface area (Å²) in [5, 5.41) is 22.8. The number of carbonyl (C=O) groups is 1. The average molecular weight is 294 g/mol. The zero-order chi connectivity index (χ0) is 15.2. The lowest BCUT2D eigenvalue weighted by Gasteiger charge is -2.07. The van der Waals surface area contributed by atoms with Crippen LogP contribution >= 0.6 is 0 Å². The summed E-state index contributed by atoms with van der Waals surface area (Å²) in [5.41, 5.74) is -0.464. The van der Waals surface area contributed by atoms with Crippen LogP contribution in [0.15, 0.2) is 18.2 Å². The fraction of sp³-hybridized carbons (Fsp3) is 0.500. The molecule has 0 saturated heterocycles. The van der Waals surface area contributed by atoms with Gasteiger partial charge in [0.2, 0.25) is 0 Å². The van der Waals surface area contributed by atoms with E-state index in [2.05, 4.69) is 5.32 Å². The molecule has 0 unspecified atom stereocenters. The van der Waals surface area contributed by atoms with Crippen molar-refractivity contribution in [3.63, 3.8) is 0 Å². The second-order valence-corrected chi connectivity index (χ2v) is 5.09. The second-order valence-electron chi connectivity index (χ2n) is 5.09. The molecule has 0 aromatic heterocycles. The molecule has 2 N–H and O–H groups in total. The van der Waals surface area contributed by atoms with Crippen molar-refractivity contribution in [3.05, 3.63) is 33.9 Å². The number of nitro groups is 1. The third kappa shape index (κ3) is 4.71. The highest BCUT2D eigenvalue weighted by Gasteiger charge is 2.21. The summed E-state index contributed by atoms with van der Waals surface area (Å²) in [6.07, 6.45) is 3.11. The Labute approximate surface area is 122 Å². The molecule has 0 radical (unpaired) electrons. The first-order valence-electron chi connectivity index (χ1n) is 6.91. The number of ether oxygens (including phenoxy) is 1. The van der Waals surface area contributed by atoms with E-state index in [1.165, 1.54) is 18.9 Å². The molecule has 1 saturated carbocycles. The number of nitrogens with one attached hydrogen (secondary N) is 1. The van der Waals surface area contributed by atoms with Gasteiger partial charge in [0.1, 0.15) is 11.3 Å². The van der Waals surface area contributed by atoms with Crippen LogP contribution in [0, 0.1) is 16.0 Å². The molecule has 7 heteroatoms. The standard InChI is InChI=1S/C14H18N2O5/c17-11-4-5-13(16(19)20)12(8-11)14(18)15-6-1-7-21-9-10-2-3-10/h4-5,8,10,17H,1-3,6-7,9H2,(H,15,18). The first-order valence-corrected chi connectivity index (χ1v) is 6.91. The van der Waals surface area contributed by atoms with Crippen LogP contribution in [-0.2, 0) is 4.74 Å². The molecule has 21 heavy (non-hydrogen) atoms. The number of phenolic OH excluding ortho intramolecular Hbond substituents is 1. The van der Waals surface area contributed by atoms with E-state index in [9.17, 15) is 20.0 Å². The summed E-state index contributed by atoms with van der Waals surface area (Å²) in [6.45, 7) is 1.70. The minimum Gasteiger partial charge on any atom is -0.508 e. The van der Waals surface area contributed by atoms with Gasteiger partial charge in [0.05, 0.1) is 4.92 Å². The number of benzene rings is 1. The molecule has 1 aromatic carbocycles. The maximum Gasteiger partial charge on any atom is 0.282 e. The van der Waals surface area contributed by atoms with Crippen LogP contribution in [-0.4, -0.2) is 35.7 Å². The molecule has 1 aliphatic carbocycles. The van der Waals surface area contributed by atoms with Gasteiger partial charge in [-0.1, -0.05) is 0 Å². The molecule has 1 amide bonds. The number of nitrogens with zero attached hydrogens (tertiary/aromatic N) is 1. The molecule has 1 aliphatic rings. The van der Waals surface area contributed by atoms with Crippen molar-refractivity contribution >= 4 is 11.6 Å². The highest BCUT2D eigenvalue weighted by Crippen LogP contribution is 2.28. The minimum absolute atomic E-state index is 0.140. The summed E-state index contributed by atoms with van der Waals surface area (Å²) in [5.74, 6) is -0.0483. The van der Waals surface area contributed by atoms with Gasteiger partial charge in [-0.05, 0) is 37.3 Å². The molecular weight excluding hydrogens is 276 g/mol. The molecule has 2 rings (SSSR count). The lowest BCUT2D eigenvalue weighted by atomic mass is 10.1. The number of phenols is 1. The second kappa shape index (κ2) is 7.03. The van der Waals surface area contributed by atoms with E-state index in [0.717, 1.165) is 18.7 Å². The van der Waals surface area contributed by atoms with Gasteiger partial charge in [-0.2, -0.15) is 0 Å². The van der Waals surface area contributed by atoms with Crippen molar-refractivity contribution < 1.29 is 19.6 Å². The lowest BCUT2D eigenvalue weighted by Crippen LogP contribution is -2.26. The van der Waals surface area contributed by atoms with Crippen LogP contribution in [0.2, 0.25) is 0 Å². The number of nitro benzene ring substituents is 1. The molecule has 0 aliphatic heterocycles. The van der Waals surface area contributed by atoms with E-state index in [1.54, 1.807) is 0 Å². The zero-order valence-electron chi connectivity index (χ0n) is 11.6. The Morgan fingerprint density at radius 2 is 2.24 bits per heavy atom. The monoisotopic (exact) mass is 294 g/mol. The minimum atomic E-state index is -0.646. The highest BCUT2D eigenvalue weighted by molar-refractivity contribution is 5.98. The number of hydrogen-bond acceptors (Lipinski definition) is 5. The SMILES string of the molecule is O=C(NCCCOCC1CC1)c1cc(O)ccc1[N+](=O)[O-]. The number of aromatic hydroxyl groups is 1. The van der Waals surface area contributed by atoms with Gasteiger partial charge in [0.25, 0.3) is 11.6 Å². The summed E-state index contributed by atoms with van der Waals surface area (Å²) < 4.78 is 5.43. The normalized spacial score (nSPS) is 13.9. The Hall–Kier alpha value is -2.15. The van der Waals surface area contributed by atoms with Gasteiger partial charge >= 0.3 is 0 Å². The Morgan fingerprint density at radius 3 is 2.90 bits per heavy atom. The van der Waals surface area contributed by atoms with Crippen molar-refractivity contribution in [1.29, 1.82) is 0 Å². The van der Waals surface area contributed by atoms with Crippen molar-refractivity contribution in [2.75, 3.05) is 19.8 Å². The third-order valence-corrected chi connectivity index (χ3v) is 3.22. The van der Waals surface area contributed by atoms with Crippen molar-refractivity contribution in [1.82, 2.24) is 5.32 Å². The van der Waals surface area contributed by atoms with Gasteiger partial charge in [0.15, 0.2) is 0 Å². The number of hydrogen-bond donors (Lipinski definition) is 2. The van der Waals surface area contributed by atoms with Crippen molar-refractivity contribution in [2.45, 2.75) is 19.3 Å². The highest BCUT2D eigenvalue weighted by atomic mass is 16.6. The zero-order valence-corrected chi connectivity index (χ0v) is 11.6. The summed E-state index contributed by atoms with van der Waals surface area (Å²) >= 11 is 0. The molecule has 0 bridgehead atoms. The summed E-state index contributed by atoms with van der Waals surface area (Å²) in [6, 6.07) is 3.39. The van der Waals surface area contributed by atoms with Gasteiger partial charge in [-0.25, -0.2) is 0 Å². The lowest BCUT2D eigenvalue weighted by molar-refractivity contribution is -0.385. The predicted octanol–water partition coefficient (Wildman–Crippen LogP) is 1.85. The van der Waals surface area contributed by atoms with Crippen LogP contribution in [0.25, 0.3) is 0 Å². The van der Waals surface area contributed by atoms with Crippen molar-refractivity contribution in [2.24, 2.45) is 5.92 Å². The van der Waals surface area contributed by atoms with Crippen LogP contribution < -0.4 is 5.32 Å². The average Bonchev–Trinajstić information content (AvgIpc) is 3.26. The van der Waals surface area contributed by atoms with E-state index < -0.39 is 10.8 Å². The predicted molar refractivity (Wildman–Crippen MR) is 75.3 cm³/mol. The van der Waals surface area contributed by atoms with E-state index >= 15 is 0 Å². The molecular formula is C14H18N2O5. The largest absolute Gasteiger partial charge is 0.508 e. The Kier molecular flexibility index (Phi) is 5.10. The fourth-order valence-electron chi connectivity index (χ4n) is 1.87. The van der Waals surface area contributed by atoms with E-state index in [0.29, 0.717) is 25.5 Å². The quantitative estimate of drug-likeness (QED) is 0.433. The molecule has 114 valence electrons. The van der Waals surface area contributed by atoms with E-state index in [1.807, 2.05) is 0 Å². The number of carbonyl (C=O) groups excluding carboxylic acids is 1. The Balaban J connectivity index is 1.79. The van der Waals surface area contributed by atoms with Crippen LogP contribution in [0.4, 0.5) is 5.69 Å². The molecule has 1 fully saturated rings. The number of rotatable bonds is 8. The molecule has 1 aromatic rings. The third-order valence-electron chi connectivity index (χ3n) is 3.22. The van der Waals surface area contributed by atoms with Crippen molar-refractivity contribution in [3.8, 4) is 5.75 Å². The first kappa shape index (κ1) is 15.2. The van der Waals surface area contributed by atoms with Crippen LogP contribution in [0.5, 0.6) is 5.75 Å². The molecule has 0 heterocycles. The van der Waals surface area contributed by atoms with Gasteiger partial charge in [-0.15, -0.1) is 0 Å². The number of amides is 1. The summed E-state index contributed by atoms with van der Waals surface area (Å²) in [4.78, 5) is 22.1.